The van der Waals surface area contributed by atoms with Crippen LogP contribution in [0.15, 0.2) is 28.7 Å². The lowest BCUT2D eigenvalue weighted by Crippen LogP contribution is -2.34. The van der Waals surface area contributed by atoms with Crippen LogP contribution in [0.1, 0.15) is 18.7 Å². The number of halogens is 1. The third kappa shape index (κ3) is 3.43. The van der Waals surface area contributed by atoms with Crippen molar-refractivity contribution in [3.05, 3.63) is 35.2 Å². The van der Waals surface area contributed by atoms with E-state index in [4.69, 9.17) is 21.1 Å². The SMILES string of the molecule is OCC1CCN(Cc2nnc(-c3ccccc3Cl)o2)CC1. The molecule has 1 aliphatic rings. The van der Waals surface area contributed by atoms with Crippen molar-refractivity contribution in [2.45, 2.75) is 19.4 Å². The van der Waals surface area contributed by atoms with E-state index in [9.17, 15) is 0 Å². The Morgan fingerprint density at radius 3 is 2.71 bits per heavy atom. The number of rotatable bonds is 4. The van der Waals surface area contributed by atoms with Crippen LogP contribution in [0, 0.1) is 5.92 Å². The highest BCUT2D eigenvalue weighted by atomic mass is 35.5. The number of aromatic nitrogens is 2. The van der Waals surface area contributed by atoms with Crippen LogP contribution in [0.25, 0.3) is 11.5 Å². The van der Waals surface area contributed by atoms with Gasteiger partial charge in [0.25, 0.3) is 0 Å². The Morgan fingerprint density at radius 1 is 1.24 bits per heavy atom. The van der Waals surface area contributed by atoms with Crippen LogP contribution in [-0.4, -0.2) is 39.9 Å². The third-order valence-corrected chi connectivity index (χ3v) is 4.22. The molecule has 0 saturated carbocycles. The molecule has 1 aromatic carbocycles. The maximum atomic E-state index is 9.15. The van der Waals surface area contributed by atoms with Crippen LogP contribution in [0.2, 0.25) is 5.02 Å². The van der Waals surface area contributed by atoms with Gasteiger partial charge in [0.1, 0.15) is 0 Å². The fourth-order valence-corrected chi connectivity index (χ4v) is 2.80. The van der Waals surface area contributed by atoms with Gasteiger partial charge in [-0.2, -0.15) is 0 Å². The molecule has 0 unspecified atom stereocenters. The average molecular weight is 308 g/mol. The standard InChI is InChI=1S/C15H18ClN3O2/c16-13-4-2-1-3-12(13)15-18-17-14(21-15)9-19-7-5-11(10-20)6-8-19/h1-4,11,20H,5-10H2. The topological polar surface area (TPSA) is 62.4 Å². The Morgan fingerprint density at radius 2 is 2.00 bits per heavy atom. The smallest absolute Gasteiger partial charge is 0.249 e. The molecule has 0 radical (unpaired) electrons. The number of benzene rings is 1. The molecule has 112 valence electrons. The predicted molar refractivity (Wildman–Crippen MR) is 79.8 cm³/mol. The zero-order chi connectivity index (χ0) is 14.7. The molecule has 0 atom stereocenters. The van der Waals surface area contributed by atoms with Gasteiger partial charge in [0.05, 0.1) is 17.1 Å². The quantitative estimate of drug-likeness (QED) is 0.940. The largest absolute Gasteiger partial charge is 0.419 e. The van der Waals surface area contributed by atoms with Crippen LogP contribution < -0.4 is 0 Å². The molecule has 2 aromatic rings. The molecule has 2 heterocycles. The van der Waals surface area contributed by atoms with Gasteiger partial charge in [-0.05, 0) is 44.0 Å². The third-order valence-electron chi connectivity index (χ3n) is 3.90. The van der Waals surface area contributed by atoms with E-state index >= 15 is 0 Å². The fourth-order valence-electron chi connectivity index (χ4n) is 2.58. The van der Waals surface area contributed by atoms with Crippen molar-refractivity contribution in [2.75, 3.05) is 19.7 Å². The van der Waals surface area contributed by atoms with Crippen molar-refractivity contribution < 1.29 is 9.52 Å². The van der Waals surface area contributed by atoms with Gasteiger partial charge in [-0.1, -0.05) is 23.7 Å². The summed E-state index contributed by atoms with van der Waals surface area (Å²) in [6.45, 7) is 2.84. The Bertz CT molecular complexity index is 594. The lowest BCUT2D eigenvalue weighted by atomic mass is 9.98. The van der Waals surface area contributed by atoms with Crippen molar-refractivity contribution >= 4 is 11.6 Å². The molecule has 3 rings (SSSR count). The fraction of sp³-hybridized carbons (Fsp3) is 0.467. The molecule has 0 spiro atoms. The van der Waals surface area contributed by atoms with E-state index in [-0.39, 0.29) is 6.61 Å². The number of aliphatic hydroxyl groups is 1. The van der Waals surface area contributed by atoms with E-state index in [0.717, 1.165) is 31.5 Å². The summed E-state index contributed by atoms with van der Waals surface area (Å²) in [7, 11) is 0. The maximum Gasteiger partial charge on any atom is 0.249 e. The van der Waals surface area contributed by atoms with Gasteiger partial charge >= 0.3 is 0 Å². The zero-order valence-corrected chi connectivity index (χ0v) is 12.5. The van der Waals surface area contributed by atoms with Gasteiger partial charge in [0.15, 0.2) is 0 Å². The van der Waals surface area contributed by atoms with Crippen molar-refractivity contribution in [3.63, 3.8) is 0 Å². The lowest BCUT2D eigenvalue weighted by molar-refractivity contribution is 0.121. The Balaban J connectivity index is 1.65. The highest BCUT2D eigenvalue weighted by Gasteiger charge is 2.20. The van der Waals surface area contributed by atoms with Gasteiger partial charge in [-0.15, -0.1) is 10.2 Å². The summed E-state index contributed by atoms with van der Waals surface area (Å²) in [6, 6.07) is 7.44. The lowest BCUT2D eigenvalue weighted by Gasteiger charge is -2.29. The summed E-state index contributed by atoms with van der Waals surface area (Å²) in [5.41, 5.74) is 0.761. The van der Waals surface area contributed by atoms with Crippen LogP contribution in [0.5, 0.6) is 0 Å². The first-order valence-corrected chi connectivity index (χ1v) is 7.54. The molecule has 0 amide bonds. The first kappa shape index (κ1) is 14.5. The monoisotopic (exact) mass is 307 g/mol. The van der Waals surface area contributed by atoms with Crippen molar-refractivity contribution in [3.8, 4) is 11.5 Å². The molecule has 1 fully saturated rings. The van der Waals surface area contributed by atoms with Crippen molar-refractivity contribution in [1.82, 2.24) is 15.1 Å². The van der Waals surface area contributed by atoms with Gasteiger partial charge in [-0.25, -0.2) is 0 Å². The second kappa shape index (κ2) is 6.56. The van der Waals surface area contributed by atoms with Crippen molar-refractivity contribution in [1.29, 1.82) is 0 Å². The molecule has 1 aromatic heterocycles. The minimum Gasteiger partial charge on any atom is -0.419 e. The summed E-state index contributed by atoms with van der Waals surface area (Å²) in [6.07, 6.45) is 2.03. The Hall–Kier alpha value is -1.43. The first-order chi connectivity index (χ1) is 10.3. The van der Waals surface area contributed by atoms with Gasteiger partial charge in [0, 0.05) is 6.61 Å². The number of piperidine rings is 1. The molecular weight excluding hydrogens is 290 g/mol. The minimum atomic E-state index is 0.283. The second-order valence-corrected chi connectivity index (χ2v) is 5.79. The molecule has 6 heteroatoms. The number of likely N-dealkylation sites (tertiary alicyclic amines) is 1. The average Bonchev–Trinajstić information content (AvgIpc) is 2.97. The molecule has 1 saturated heterocycles. The molecule has 0 bridgehead atoms. The Labute approximate surface area is 128 Å². The first-order valence-electron chi connectivity index (χ1n) is 7.17. The van der Waals surface area contributed by atoms with E-state index in [1.807, 2.05) is 18.2 Å². The van der Waals surface area contributed by atoms with Gasteiger partial charge < -0.3 is 9.52 Å². The highest BCUT2D eigenvalue weighted by Crippen LogP contribution is 2.26. The highest BCUT2D eigenvalue weighted by molar-refractivity contribution is 6.33. The summed E-state index contributed by atoms with van der Waals surface area (Å²) in [4.78, 5) is 2.27. The summed E-state index contributed by atoms with van der Waals surface area (Å²) in [5, 5.41) is 17.9. The van der Waals surface area contributed by atoms with Crippen LogP contribution in [-0.2, 0) is 6.54 Å². The Kier molecular flexibility index (Phi) is 4.53. The summed E-state index contributed by atoms with van der Waals surface area (Å²) < 4.78 is 5.71. The van der Waals surface area contributed by atoms with Crippen molar-refractivity contribution in [2.24, 2.45) is 5.92 Å². The number of aliphatic hydroxyl groups excluding tert-OH is 1. The van der Waals surface area contributed by atoms with Crippen LogP contribution >= 0.6 is 11.6 Å². The molecule has 1 aliphatic heterocycles. The van der Waals surface area contributed by atoms with Crippen LogP contribution in [0.3, 0.4) is 0 Å². The van der Waals surface area contributed by atoms with E-state index in [2.05, 4.69) is 15.1 Å². The molecule has 5 nitrogen and oxygen atoms in total. The second-order valence-electron chi connectivity index (χ2n) is 5.38. The number of hydrogen-bond acceptors (Lipinski definition) is 5. The number of nitrogens with zero attached hydrogens (tertiary/aromatic N) is 3. The predicted octanol–water partition coefficient (Wildman–Crippen LogP) is 2.59. The van der Waals surface area contributed by atoms with E-state index in [1.165, 1.54) is 0 Å². The normalized spacial score (nSPS) is 17.2. The van der Waals surface area contributed by atoms with E-state index in [1.54, 1.807) is 6.07 Å². The molecule has 21 heavy (non-hydrogen) atoms. The molecule has 0 aliphatic carbocycles. The minimum absolute atomic E-state index is 0.283. The van der Waals surface area contributed by atoms with Gasteiger partial charge in [-0.3, -0.25) is 4.90 Å². The maximum absolute atomic E-state index is 9.15. The summed E-state index contributed by atoms with van der Waals surface area (Å²) >= 11 is 6.13. The zero-order valence-electron chi connectivity index (χ0n) is 11.7. The molecular formula is C15H18ClN3O2. The van der Waals surface area contributed by atoms with Gasteiger partial charge in [0.2, 0.25) is 11.8 Å². The molecule has 1 N–H and O–H groups in total. The van der Waals surface area contributed by atoms with E-state index in [0.29, 0.717) is 29.3 Å². The van der Waals surface area contributed by atoms with E-state index < -0.39 is 0 Å². The summed E-state index contributed by atoms with van der Waals surface area (Å²) in [5.74, 6) is 1.50. The number of hydrogen-bond donors (Lipinski definition) is 1. The van der Waals surface area contributed by atoms with Crippen LogP contribution in [0.4, 0.5) is 0 Å².